The first kappa shape index (κ1) is 25.5. The van der Waals surface area contributed by atoms with Crippen LogP contribution < -0.4 is 15.4 Å². The van der Waals surface area contributed by atoms with E-state index < -0.39 is 5.92 Å². The van der Waals surface area contributed by atoms with Gasteiger partial charge in [-0.15, -0.1) is 0 Å². The number of H-pyrrole nitrogens is 1. The molecule has 7 nitrogen and oxygen atoms in total. The molecule has 2 amide bonds. The van der Waals surface area contributed by atoms with Crippen molar-refractivity contribution in [2.75, 3.05) is 31.6 Å². The average Bonchev–Trinajstić information content (AvgIpc) is 3.35. The van der Waals surface area contributed by atoms with Crippen molar-refractivity contribution in [1.29, 1.82) is 0 Å². The number of nitrogens with one attached hydrogen (secondary N) is 3. The van der Waals surface area contributed by atoms with E-state index in [1.165, 1.54) is 24.3 Å². The summed E-state index contributed by atoms with van der Waals surface area (Å²) in [6.45, 7) is 2.42. The first-order valence-electron chi connectivity index (χ1n) is 12.8. The van der Waals surface area contributed by atoms with E-state index in [1.54, 1.807) is 0 Å². The molecule has 0 unspecified atom stereocenters. The molecule has 2 atom stereocenters. The second-order valence-corrected chi connectivity index (χ2v) is 9.63. The summed E-state index contributed by atoms with van der Waals surface area (Å²) in [6, 6.07) is 23.2. The molecule has 8 heteroatoms. The van der Waals surface area contributed by atoms with Gasteiger partial charge < -0.3 is 20.4 Å². The monoisotopic (exact) mass is 514 g/mol. The summed E-state index contributed by atoms with van der Waals surface area (Å²) in [5, 5.41) is 6.99. The number of hydrogen-bond donors (Lipinski definition) is 3. The number of ether oxygens (including phenoxy) is 1. The van der Waals surface area contributed by atoms with Gasteiger partial charge in [0, 0.05) is 42.4 Å². The molecule has 1 fully saturated rings. The van der Waals surface area contributed by atoms with Gasteiger partial charge in [-0.1, -0.05) is 36.4 Å². The molecule has 3 N–H and O–H groups in total. The maximum atomic E-state index is 13.3. The number of para-hydroxylation sites is 2. The van der Waals surface area contributed by atoms with Crippen LogP contribution in [0.3, 0.4) is 0 Å². The summed E-state index contributed by atoms with van der Waals surface area (Å²) in [6.07, 6.45) is 2.42. The summed E-state index contributed by atoms with van der Waals surface area (Å²) >= 11 is 0. The number of halogens is 1. The van der Waals surface area contributed by atoms with E-state index in [-0.39, 0.29) is 23.5 Å². The van der Waals surface area contributed by atoms with Crippen LogP contribution in [0.1, 0.15) is 12.0 Å². The maximum absolute atomic E-state index is 13.3. The molecule has 0 saturated carbocycles. The highest BCUT2D eigenvalue weighted by atomic mass is 19.1. The second kappa shape index (κ2) is 11.9. The highest BCUT2D eigenvalue weighted by Gasteiger charge is 2.35. The van der Waals surface area contributed by atoms with Gasteiger partial charge in [0.2, 0.25) is 11.8 Å². The number of carbonyl (C=O) groups is 2. The normalized spacial score (nSPS) is 17.7. The van der Waals surface area contributed by atoms with Crippen LogP contribution in [0.2, 0.25) is 0 Å². The Bertz CT molecular complexity index is 1370. The van der Waals surface area contributed by atoms with Crippen LogP contribution in [0, 0.1) is 17.7 Å². The van der Waals surface area contributed by atoms with E-state index in [0.717, 1.165) is 22.2 Å². The third-order valence-electron chi connectivity index (χ3n) is 6.86. The minimum absolute atomic E-state index is 0.0927. The smallest absolute Gasteiger partial charge is 0.228 e. The predicted molar refractivity (Wildman–Crippen MR) is 145 cm³/mol. The molecule has 5 rings (SSSR count). The van der Waals surface area contributed by atoms with E-state index in [2.05, 4.69) is 26.6 Å². The molecule has 0 aliphatic carbocycles. The zero-order chi connectivity index (χ0) is 26.3. The number of amides is 2. The Hall–Kier alpha value is -4.17. The quantitative estimate of drug-likeness (QED) is 0.286. The predicted octanol–water partition coefficient (Wildman–Crippen LogP) is 4.58. The van der Waals surface area contributed by atoms with Gasteiger partial charge >= 0.3 is 0 Å². The highest BCUT2D eigenvalue weighted by molar-refractivity contribution is 5.93. The number of fused-ring (bicyclic) bond motifs is 1. The summed E-state index contributed by atoms with van der Waals surface area (Å²) < 4.78 is 19.0. The van der Waals surface area contributed by atoms with Crippen molar-refractivity contribution in [1.82, 2.24) is 15.2 Å². The highest BCUT2D eigenvalue weighted by Crippen LogP contribution is 2.27. The van der Waals surface area contributed by atoms with Gasteiger partial charge in [0.25, 0.3) is 0 Å². The first-order valence-corrected chi connectivity index (χ1v) is 12.8. The van der Waals surface area contributed by atoms with E-state index in [4.69, 9.17) is 4.74 Å². The Kier molecular flexibility index (Phi) is 7.99. The van der Waals surface area contributed by atoms with Crippen molar-refractivity contribution in [3.8, 4) is 5.75 Å². The summed E-state index contributed by atoms with van der Waals surface area (Å²) in [7, 11) is 0. The van der Waals surface area contributed by atoms with Gasteiger partial charge in [0.1, 0.15) is 18.2 Å². The van der Waals surface area contributed by atoms with Crippen molar-refractivity contribution in [3.05, 3.63) is 96.4 Å². The molecule has 1 aliphatic heterocycles. The van der Waals surface area contributed by atoms with Gasteiger partial charge in [-0.2, -0.15) is 0 Å². The lowest BCUT2D eigenvalue weighted by Gasteiger charge is -2.36. The number of rotatable bonds is 9. The Balaban J connectivity index is 1.25. The molecular weight excluding hydrogens is 483 g/mol. The number of aromatic amines is 1. The number of aromatic nitrogens is 1. The lowest BCUT2D eigenvalue weighted by atomic mass is 9.87. The van der Waals surface area contributed by atoms with E-state index in [0.29, 0.717) is 44.9 Å². The summed E-state index contributed by atoms with van der Waals surface area (Å²) in [5.74, 6) is -0.624. The topological polar surface area (TPSA) is 86.5 Å². The second-order valence-electron chi connectivity index (χ2n) is 9.63. The van der Waals surface area contributed by atoms with Crippen molar-refractivity contribution < 1.29 is 18.7 Å². The fourth-order valence-corrected chi connectivity index (χ4v) is 4.98. The molecule has 38 heavy (non-hydrogen) atoms. The van der Waals surface area contributed by atoms with Crippen LogP contribution >= 0.6 is 0 Å². The molecule has 2 heterocycles. The van der Waals surface area contributed by atoms with Gasteiger partial charge in [-0.05, 0) is 54.4 Å². The lowest BCUT2D eigenvalue weighted by Crippen LogP contribution is -2.49. The molecule has 1 aliphatic rings. The minimum atomic E-state index is -0.393. The number of carbonyl (C=O) groups excluding carboxylic acids is 2. The number of hydrogen-bond acceptors (Lipinski definition) is 4. The molecule has 196 valence electrons. The van der Waals surface area contributed by atoms with Crippen LogP contribution in [0.4, 0.5) is 10.1 Å². The van der Waals surface area contributed by atoms with Gasteiger partial charge in [-0.25, -0.2) is 4.39 Å². The molecule has 1 aromatic heterocycles. The Morgan fingerprint density at radius 3 is 2.42 bits per heavy atom. The van der Waals surface area contributed by atoms with Crippen LogP contribution in [0.15, 0.2) is 85.1 Å². The SMILES string of the molecule is O=C(NCCOc1ccccc1)[C@H]1C[C@@H](C(=O)Nc2ccc(F)cc2)CN(Cc2c[nH]c3ccccc23)C1. The Morgan fingerprint density at radius 2 is 1.63 bits per heavy atom. The standard InChI is InChI=1S/C30H31FN4O3/c31-24-10-12-25(13-11-24)34-30(37)22-16-21(29(36)32-14-15-38-26-6-2-1-3-7-26)18-35(19-22)20-23-17-33-28-9-5-4-8-27(23)28/h1-13,17,21-22,33H,14-16,18-20H2,(H,32,36)(H,34,37)/t21-,22+/m0/s1. The van der Waals surface area contributed by atoms with Crippen LogP contribution in [0.25, 0.3) is 10.9 Å². The third kappa shape index (κ3) is 6.39. The first-order chi connectivity index (χ1) is 18.5. The maximum Gasteiger partial charge on any atom is 0.228 e. The molecule has 4 aromatic rings. The van der Waals surface area contributed by atoms with Crippen LogP contribution in [0.5, 0.6) is 5.75 Å². The van der Waals surface area contributed by atoms with E-state index in [9.17, 15) is 14.0 Å². The van der Waals surface area contributed by atoms with Crippen molar-refractivity contribution in [2.45, 2.75) is 13.0 Å². The number of anilines is 1. The van der Waals surface area contributed by atoms with Crippen LogP contribution in [-0.2, 0) is 16.1 Å². The Labute approximate surface area is 221 Å². The van der Waals surface area contributed by atoms with Crippen LogP contribution in [-0.4, -0.2) is 47.9 Å². The summed E-state index contributed by atoms with van der Waals surface area (Å²) in [4.78, 5) is 31.8. The van der Waals surface area contributed by atoms with Crippen molar-refractivity contribution >= 4 is 28.4 Å². The largest absolute Gasteiger partial charge is 0.492 e. The number of nitrogens with zero attached hydrogens (tertiary/aromatic N) is 1. The summed E-state index contributed by atoms with van der Waals surface area (Å²) in [5.41, 5.74) is 2.71. The minimum Gasteiger partial charge on any atom is -0.492 e. The molecule has 0 spiro atoms. The van der Waals surface area contributed by atoms with E-state index in [1.807, 2.05) is 54.7 Å². The average molecular weight is 515 g/mol. The zero-order valence-electron chi connectivity index (χ0n) is 21.0. The number of likely N-dealkylation sites (tertiary alicyclic amines) is 1. The fourth-order valence-electron chi connectivity index (χ4n) is 4.98. The zero-order valence-corrected chi connectivity index (χ0v) is 21.0. The molecule has 0 radical (unpaired) electrons. The Morgan fingerprint density at radius 1 is 0.921 bits per heavy atom. The third-order valence-corrected chi connectivity index (χ3v) is 6.86. The lowest BCUT2D eigenvalue weighted by molar-refractivity contribution is -0.130. The van der Waals surface area contributed by atoms with Crippen molar-refractivity contribution in [2.24, 2.45) is 11.8 Å². The van der Waals surface area contributed by atoms with Gasteiger partial charge in [0.05, 0.1) is 18.4 Å². The van der Waals surface area contributed by atoms with Gasteiger partial charge in [0.15, 0.2) is 0 Å². The fraction of sp³-hybridized carbons (Fsp3) is 0.267. The molecule has 3 aromatic carbocycles. The van der Waals surface area contributed by atoms with E-state index >= 15 is 0 Å². The van der Waals surface area contributed by atoms with Crippen molar-refractivity contribution in [3.63, 3.8) is 0 Å². The molecule has 0 bridgehead atoms. The molecular formula is C30H31FN4O3. The van der Waals surface area contributed by atoms with Gasteiger partial charge in [-0.3, -0.25) is 14.5 Å². The number of benzene rings is 3. The number of piperidine rings is 1. The molecule has 1 saturated heterocycles.